The molecular weight excluding hydrogens is 396 g/mol. The van der Waals surface area contributed by atoms with E-state index in [1.54, 1.807) is 0 Å². The van der Waals surface area contributed by atoms with Gasteiger partial charge >= 0.3 is 6.03 Å². The van der Waals surface area contributed by atoms with Gasteiger partial charge in [0.1, 0.15) is 0 Å². The third kappa shape index (κ3) is 4.58. The van der Waals surface area contributed by atoms with Crippen LogP contribution >= 0.6 is 24.2 Å². The Morgan fingerprint density at radius 1 is 1.18 bits per heavy atom. The molecule has 6 nitrogen and oxygen atoms in total. The van der Waals surface area contributed by atoms with Crippen molar-refractivity contribution in [1.82, 2.24) is 15.5 Å². The number of nitrogens with zero attached hydrogens (tertiary/aromatic N) is 1. The molecule has 0 spiro atoms. The third-order valence-electron chi connectivity index (χ3n) is 6.01. The number of carbonyl (C=O) groups is 2. The molecule has 5 atom stereocenters. The SMILES string of the molecule is Cl.N[C@@H]1CN(C(=O)CCCC[C@@H]2SC[C@@H]3NC(=O)N[C@@H]32)C[C@H]1c1ccccc1. The van der Waals surface area contributed by atoms with E-state index in [1.807, 2.05) is 34.9 Å². The lowest BCUT2D eigenvalue weighted by Gasteiger charge is -2.18. The highest BCUT2D eigenvalue weighted by molar-refractivity contribution is 8.00. The molecule has 8 heteroatoms. The first kappa shape index (κ1) is 21.3. The number of rotatable bonds is 6. The first-order valence-corrected chi connectivity index (χ1v) is 10.9. The monoisotopic (exact) mass is 424 g/mol. The summed E-state index contributed by atoms with van der Waals surface area (Å²) in [5, 5.41) is 6.46. The van der Waals surface area contributed by atoms with Crippen molar-refractivity contribution in [3.05, 3.63) is 35.9 Å². The van der Waals surface area contributed by atoms with E-state index in [0.29, 0.717) is 18.2 Å². The Kier molecular flexibility index (Phi) is 7.12. The largest absolute Gasteiger partial charge is 0.340 e. The van der Waals surface area contributed by atoms with Gasteiger partial charge in [0.15, 0.2) is 0 Å². The molecule has 1 aromatic rings. The predicted molar refractivity (Wildman–Crippen MR) is 115 cm³/mol. The summed E-state index contributed by atoms with van der Waals surface area (Å²) in [5.41, 5.74) is 7.52. The number of carbonyl (C=O) groups excluding carboxylic acids is 2. The Labute approximate surface area is 176 Å². The normalized spacial score (nSPS) is 31.1. The minimum Gasteiger partial charge on any atom is -0.340 e. The van der Waals surface area contributed by atoms with Crippen LogP contribution in [0.25, 0.3) is 0 Å². The van der Waals surface area contributed by atoms with Gasteiger partial charge in [-0.2, -0.15) is 11.8 Å². The average Bonchev–Trinajstić information content (AvgIpc) is 3.34. The molecule has 0 unspecified atom stereocenters. The smallest absolute Gasteiger partial charge is 0.315 e. The van der Waals surface area contributed by atoms with Gasteiger partial charge in [-0.05, 0) is 18.4 Å². The lowest BCUT2D eigenvalue weighted by molar-refractivity contribution is -0.130. The topological polar surface area (TPSA) is 87.5 Å². The quantitative estimate of drug-likeness (QED) is 0.482. The van der Waals surface area contributed by atoms with E-state index in [9.17, 15) is 9.59 Å². The lowest BCUT2D eigenvalue weighted by atomic mass is 9.95. The fourth-order valence-electron chi connectivity index (χ4n) is 4.51. The van der Waals surface area contributed by atoms with Crippen molar-refractivity contribution in [2.24, 2.45) is 5.73 Å². The van der Waals surface area contributed by atoms with E-state index in [4.69, 9.17) is 5.73 Å². The standard InChI is InChI=1S/C20H28N4O2S.ClH/c21-15-11-24(10-14(15)13-6-2-1-3-7-13)18(25)9-5-4-8-17-19-16(12-27-17)22-20(26)23-19;/h1-3,6-7,14-17,19H,4-5,8-12,21H2,(H2,22,23,26);1H/t14-,15+,16-,17-,19-;/m0./s1. The van der Waals surface area contributed by atoms with E-state index >= 15 is 0 Å². The van der Waals surface area contributed by atoms with Gasteiger partial charge in [-0.15, -0.1) is 12.4 Å². The van der Waals surface area contributed by atoms with E-state index < -0.39 is 0 Å². The number of hydrogen-bond donors (Lipinski definition) is 3. The lowest BCUT2D eigenvalue weighted by Crippen LogP contribution is -2.36. The van der Waals surface area contributed by atoms with Crippen LogP contribution in [0.15, 0.2) is 30.3 Å². The molecule has 0 aromatic heterocycles. The number of hydrogen-bond acceptors (Lipinski definition) is 4. The summed E-state index contributed by atoms with van der Waals surface area (Å²) in [4.78, 5) is 26.0. The van der Waals surface area contributed by atoms with Gasteiger partial charge in [-0.3, -0.25) is 4.79 Å². The molecule has 3 amide bonds. The fraction of sp³-hybridized carbons (Fsp3) is 0.600. The van der Waals surface area contributed by atoms with Gasteiger partial charge in [-0.1, -0.05) is 36.8 Å². The molecule has 0 saturated carbocycles. The molecule has 4 N–H and O–H groups in total. The third-order valence-corrected chi connectivity index (χ3v) is 7.52. The first-order valence-electron chi connectivity index (χ1n) is 9.89. The van der Waals surface area contributed by atoms with Crippen LogP contribution in [0.3, 0.4) is 0 Å². The molecule has 0 aliphatic carbocycles. The van der Waals surface area contributed by atoms with Gasteiger partial charge in [0, 0.05) is 42.5 Å². The van der Waals surface area contributed by atoms with Gasteiger partial charge in [0.05, 0.1) is 12.1 Å². The van der Waals surface area contributed by atoms with Crippen molar-refractivity contribution in [3.63, 3.8) is 0 Å². The Balaban J connectivity index is 0.00000225. The minimum absolute atomic E-state index is 0. The summed E-state index contributed by atoms with van der Waals surface area (Å²) >= 11 is 1.93. The number of thioether (sulfide) groups is 1. The van der Waals surface area contributed by atoms with Crippen LogP contribution in [0.2, 0.25) is 0 Å². The number of unbranched alkanes of at least 4 members (excludes halogenated alkanes) is 1. The van der Waals surface area contributed by atoms with Crippen LogP contribution in [-0.2, 0) is 4.79 Å². The maximum absolute atomic E-state index is 12.6. The summed E-state index contributed by atoms with van der Waals surface area (Å²) in [6, 6.07) is 10.8. The zero-order valence-electron chi connectivity index (χ0n) is 15.9. The second-order valence-electron chi connectivity index (χ2n) is 7.85. The summed E-state index contributed by atoms with van der Waals surface area (Å²) in [7, 11) is 0. The number of nitrogens with two attached hydrogens (primary N) is 1. The number of benzene rings is 1. The summed E-state index contributed by atoms with van der Waals surface area (Å²) in [5.74, 6) is 1.44. The molecule has 4 rings (SSSR count). The molecule has 3 aliphatic rings. The van der Waals surface area contributed by atoms with E-state index in [0.717, 1.165) is 31.6 Å². The van der Waals surface area contributed by atoms with Crippen LogP contribution in [0.5, 0.6) is 0 Å². The van der Waals surface area contributed by atoms with Crippen LogP contribution in [-0.4, -0.2) is 59.1 Å². The molecule has 3 heterocycles. The number of fused-ring (bicyclic) bond motifs is 1. The Bertz CT molecular complexity index is 692. The Morgan fingerprint density at radius 3 is 2.75 bits per heavy atom. The number of urea groups is 1. The number of nitrogens with one attached hydrogen (secondary N) is 2. The van der Waals surface area contributed by atoms with E-state index in [1.165, 1.54) is 5.56 Å². The Hall–Kier alpha value is -1.44. The van der Waals surface area contributed by atoms with Crippen LogP contribution < -0.4 is 16.4 Å². The van der Waals surface area contributed by atoms with Crippen molar-refractivity contribution in [1.29, 1.82) is 0 Å². The van der Waals surface area contributed by atoms with Gasteiger partial charge in [-0.25, -0.2) is 4.79 Å². The van der Waals surface area contributed by atoms with Crippen LogP contribution in [0.1, 0.15) is 37.2 Å². The number of halogens is 1. The molecule has 154 valence electrons. The predicted octanol–water partition coefficient (Wildman–Crippen LogP) is 2.09. The van der Waals surface area contributed by atoms with Gasteiger partial charge in [0.25, 0.3) is 0 Å². The van der Waals surface area contributed by atoms with Crippen molar-refractivity contribution in [2.75, 3.05) is 18.8 Å². The summed E-state index contributed by atoms with van der Waals surface area (Å²) < 4.78 is 0. The van der Waals surface area contributed by atoms with Crippen molar-refractivity contribution >= 4 is 36.1 Å². The fourth-order valence-corrected chi connectivity index (χ4v) is 6.05. The first-order chi connectivity index (χ1) is 13.1. The molecule has 3 saturated heterocycles. The van der Waals surface area contributed by atoms with Crippen LogP contribution in [0.4, 0.5) is 4.79 Å². The highest BCUT2D eigenvalue weighted by atomic mass is 35.5. The Morgan fingerprint density at radius 2 is 1.96 bits per heavy atom. The van der Waals surface area contributed by atoms with Crippen molar-refractivity contribution in [3.8, 4) is 0 Å². The molecule has 0 radical (unpaired) electrons. The number of likely N-dealkylation sites (tertiary alicyclic amines) is 1. The second kappa shape index (κ2) is 9.37. The zero-order chi connectivity index (χ0) is 18.8. The molecule has 3 aliphatic heterocycles. The van der Waals surface area contributed by atoms with Gasteiger partial charge < -0.3 is 21.3 Å². The van der Waals surface area contributed by atoms with E-state index in [-0.39, 0.29) is 48.4 Å². The maximum Gasteiger partial charge on any atom is 0.315 e. The van der Waals surface area contributed by atoms with Crippen LogP contribution in [0, 0.1) is 0 Å². The molecular formula is C20H29ClN4O2S. The highest BCUT2D eigenvalue weighted by Gasteiger charge is 2.42. The zero-order valence-corrected chi connectivity index (χ0v) is 17.5. The number of amides is 3. The van der Waals surface area contributed by atoms with Gasteiger partial charge in [0.2, 0.25) is 5.91 Å². The average molecular weight is 425 g/mol. The second-order valence-corrected chi connectivity index (χ2v) is 9.12. The summed E-state index contributed by atoms with van der Waals surface area (Å²) in [6.45, 7) is 1.38. The molecule has 28 heavy (non-hydrogen) atoms. The van der Waals surface area contributed by atoms with E-state index in [2.05, 4.69) is 22.8 Å². The van der Waals surface area contributed by atoms with Crippen molar-refractivity contribution in [2.45, 2.75) is 55.0 Å². The molecule has 3 fully saturated rings. The minimum atomic E-state index is -0.0381. The maximum atomic E-state index is 12.6. The summed E-state index contributed by atoms with van der Waals surface area (Å²) in [6.07, 6.45) is 3.55. The molecule has 1 aromatic carbocycles. The van der Waals surface area contributed by atoms with Crippen molar-refractivity contribution < 1.29 is 9.59 Å². The highest BCUT2D eigenvalue weighted by Crippen LogP contribution is 2.33. The molecule has 0 bridgehead atoms.